The predicted molar refractivity (Wildman–Crippen MR) is 80.1 cm³/mol. The molecule has 0 rings (SSSR count). The highest BCUT2D eigenvalue weighted by atomic mass is 35.6. The number of aliphatic carboxylic acids is 1. The zero-order valence-electron chi connectivity index (χ0n) is 11.3. The van der Waals surface area contributed by atoms with Crippen LogP contribution in [0, 0.1) is 5.41 Å². The average Bonchev–Trinajstić information content (AvgIpc) is 2.30. The van der Waals surface area contributed by atoms with Crippen LogP contribution in [-0.2, 0) is 4.79 Å². The van der Waals surface area contributed by atoms with Crippen LogP contribution in [0.1, 0.15) is 58.3 Å². The number of unbranched alkanes of at least 4 members (excludes halogenated alkanes) is 3. The van der Waals surface area contributed by atoms with Gasteiger partial charge in [0.1, 0.15) is 0 Å². The van der Waals surface area contributed by atoms with Gasteiger partial charge >= 0.3 is 5.97 Å². The fourth-order valence-electron chi connectivity index (χ4n) is 2.17. The number of halogens is 3. The van der Waals surface area contributed by atoms with E-state index in [-0.39, 0.29) is 19.4 Å². The highest BCUT2D eigenvalue weighted by molar-refractivity contribution is 6.67. The Kier molecular flexibility index (Phi) is 9.42. The van der Waals surface area contributed by atoms with Gasteiger partial charge in [-0.05, 0) is 19.3 Å². The summed E-state index contributed by atoms with van der Waals surface area (Å²) in [5.41, 5.74) is -0.677. The lowest BCUT2D eigenvalue weighted by atomic mass is 9.76. The third-order valence-corrected chi connectivity index (χ3v) is 3.93. The molecule has 0 aliphatic carbocycles. The Morgan fingerprint density at radius 1 is 1.05 bits per heavy atom. The highest BCUT2D eigenvalue weighted by Crippen LogP contribution is 2.40. The summed E-state index contributed by atoms with van der Waals surface area (Å²) in [6.45, 7) is 1.92. The van der Waals surface area contributed by atoms with Gasteiger partial charge in [-0.1, -0.05) is 67.4 Å². The van der Waals surface area contributed by atoms with Crippen molar-refractivity contribution in [2.24, 2.45) is 5.41 Å². The first kappa shape index (κ1) is 19.3. The molecule has 0 aromatic rings. The van der Waals surface area contributed by atoms with Crippen LogP contribution in [0.25, 0.3) is 0 Å². The third kappa shape index (κ3) is 9.78. The maximum absolute atomic E-state index is 11.0. The number of hydrogen-bond donors (Lipinski definition) is 2. The highest BCUT2D eigenvalue weighted by Gasteiger charge is 2.34. The number of rotatable bonds is 10. The van der Waals surface area contributed by atoms with Gasteiger partial charge in [0.2, 0.25) is 0 Å². The van der Waals surface area contributed by atoms with Crippen LogP contribution >= 0.6 is 34.8 Å². The first-order valence-corrected chi connectivity index (χ1v) is 7.77. The number of carboxylic acids is 1. The second kappa shape index (κ2) is 9.28. The van der Waals surface area contributed by atoms with E-state index in [1.54, 1.807) is 0 Å². The van der Waals surface area contributed by atoms with Gasteiger partial charge in [0.05, 0.1) is 6.42 Å². The first-order chi connectivity index (χ1) is 8.74. The van der Waals surface area contributed by atoms with Crippen molar-refractivity contribution in [3.8, 4) is 0 Å². The molecule has 0 aromatic heterocycles. The van der Waals surface area contributed by atoms with Gasteiger partial charge in [-0.3, -0.25) is 4.79 Å². The largest absolute Gasteiger partial charge is 0.481 e. The van der Waals surface area contributed by atoms with Crippen LogP contribution in [0.2, 0.25) is 0 Å². The van der Waals surface area contributed by atoms with Gasteiger partial charge in [-0.15, -0.1) is 0 Å². The molecular formula is C13H23Cl3O3. The topological polar surface area (TPSA) is 57.5 Å². The van der Waals surface area contributed by atoms with Gasteiger partial charge in [0.15, 0.2) is 3.79 Å². The smallest absolute Gasteiger partial charge is 0.303 e. The summed E-state index contributed by atoms with van der Waals surface area (Å²) < 4.78 is -1.40. The summed E-state index contributed by atoms with van der Waals surface area (Å²) in [7, 11) is 0. The summed E-state index contributed by atoms with van der Waals surface area (Å²) in [6, 6.07) is 0. The van der Waals surface area contributed by atoms with Gasteiger partial charge in [-0.2, -0.15) is 0 Å². The number of carboxylic acid groups (broad SMARTS) is 1. The Morgan fingerprint density at radius 3 is 2.11 bits per heavy atom. The number of hydrogen-bond acceptors (Lipinski definition) is 2. The lowest BCUT2D eigenvalue weighted by Gasteiger charge is -2.31. The predicted octanol–water partition coefficient (Wildman–Crippen LogP) is 4.56. The van der Waals surface area contributed by atoms with E-state index in [1.807, 2.05) is 0 Å². The number of alkyl halides is 3. The quantitative estimate of drug-likeness (QED) is 0.455. The van der Waals surface area contributed by atoms with Crippen molar-refractivity contribution in [1.29, 1.82) is 0 Å². The second-order valence-electron chi connectivity index (χ2n) is 5.15. The molecule has 0 aliphatic rings. The minimum Gasteiger partial charge on any atom is -0.481 e. The van der Waals surface area contributed by atoms with Crippen LogP contribution in [0.15, 0.2) is 0 Å². The van der Waals surface area contributed by atoms with Crippen molar-refractivity contribution >= 4 is 40.8 Å². The third-order valence-electron chi connectivity index (χ3n) is 3.36. The zero-order chi connectivity index (χ0) is 14.9. The molecule has 19 heavy (non-hydrogen) atoms. The Morgan fingerprint density at radius 2 is 1.68 bits per heavy atom. The minimum absolute atomic E-state index is 0.0869. The van der Waals surface area contributed by atoms with Crippen molar-refractivity contribution in [1.82, 2.24) is 0 Å². The molecule has 0 amide bonds. The van der Waals surface area contributed by atoms with Gasteiger partial charge in [0.25, 0.3) is 0 Å². The Labute approximate surface area is 130 Å². The molecule has 0 aliphatic heterocycles. The monoisotopic (exact) mass is 332 g/mol. The maximum atomic E-state index is 11.0. The molecule has 0 spiro atoms. The van der Waals surface area contributed by atoms with E-state index >= 15 is 0 Å². The molecule has 0 saturated heterocycles. The van der Waals surface area contributed by atoms with Crippen molar-refractivity contribution in [2.75, 3.05) is 6.61 Å². The zero-order valence-corrected chi connectivity index (χ0v) is 13.6. The van der Waals surface area contributed by atoms with E-state index < -0.39 is 15.2 Å². The van der Waals surface area contributed by atoms with Crippen LogP contribution in [0.3, 0.4) is 0 Å². The maximum Gasteiger partial charge on any atom is 0.303 e. The molecular weight excluding hydrogens is 310 g/mol. The Bertz CT molecular complexity index is 266. The average molecular weight is 334 g/mol. The number of aliphatic hydroxyl groups excluding tert-OH is 1. The van der Waals surface area contributed by atoms with Crippen LogP contribution < -0.4 is 0 Å². The summed E-state index contributed by atoms with van der Waals surface area (Å²) in [4.78, 5) is 11.0. The molecule has 0 saturated carbocycles. The van der Waals surface area contributed by atoms with Crippen molar-refractivity contribution in [3.05, 3.63) is 0 Å². The molecule has 0 radical (unpaired) electrons. The lowest BCUT2D eigenvalue weighted by molar-refractivity contribution is -0.141. The molecule has 3 nitrogen and oxygen atoms in total. The molecule has 0 heterocycles. The molecule has 1 atom stereocenters. The van der Waals surface area contributed by atoms with Crippen LogP contribution in [-0.4, -0.2) is 26.6 Å². The van der Waals surface area contributed by atoms with Gasteiger partial charge in [-0.25, -0.2) is 0 Å². The van der Waals surface area contributed by atoms with Gasteiger partial charge < -0.3 is 10.2 Å². The van der Waals surface area contributed by atoms with Crippen molar-refractivity contribution in [2.45, 2.75) is 62.1 Å². The van der Waals surface area contributed by atoms with E-state index in [4.69, 9.17) is 39.9 Å². The van der Waals surface area contributed by atoms with E-state index in [9.17, 15) is 9.90 Å². The Hall–Kier alpha value is 0.300. The number of carbonyl (C=O) groups is 1. The molecule has 0 aromatic carbocycles. The van der Waals surface area contributed by atoms with Crippen LogP contribution in [0.5, 0.6) is 0 Å². The first-order valence-electron chi connectivity index (χ1n) is 6.64. The fourth-order valence-corrected chi connectivity index (χ4v) is 2.45. The van der Waals surface area contributed by atoms with E-state index in [0.717, 1.165) is 25.7 Å². The van der Waals surface area contributed by atoms with Crippen LogP contribution in [0.4, 0.5) is 0 Å². The number of aliphatic hydroxyl groups is 1. The van der Waals surface area contributed by atoms with Crippen molar-refractivity contribution in [3.63, 3.8) is 0 Å². The lowest BCUT2D eigenvalue weighted by Crippen LogP contribution is -2.30. The molecule has 114 valence electrons. The molecule has 6 heteroatoms. The van der Waals surface area contributed by atoms with Crippen molar-refractivity contribution < 1.29 is 15.0 Å². The van der Waals surface area contributed by atoms with Gasteiger partial charge in [0, 0.05) is 12.0 Å². The molecule has 2 N–H and O–H groups in total. The molecule has 1 unspecified atom stereocenters. The fraction of sp³-hybridized carbons (Fsp3) is 0.923. The molecule has 0 bridgehead atoms. The standard InChI is InChI=1S/C13H23Cl3O3/c1-2-3-4-5-6-12(10-17,9-11(18)19)7-8-13(14,15)16/h17H,2-10H2,1H3,(H,18,19). The summed E-state index contributed by atoms with van der Waals surface area (Å²) >= 11 is 17.2. The minimum atomic E-state index is -1.40. The second-order valence-corrected chi connectivity index (χ2v) is 7.67. The van der Waals surface area contributed by atoms with E-state index in [1.165, 1.54) is 0 Å². The summed E-state index contributed by atoms with van der Waals surface area (Å²) in [5.74, 6) is -0.922. The van der Waals surface area contributed by atoms with E-state index in [2.05, 4.69) is 6.92 Å². The SMILES string of the molecule is CCCCCCC(CO)(CCC(Cl)(Cl)Cl)CC(=O)O. The Balaban J connectivity index is 4.53. The summed E-state index contributed by atoms with van der Waals surface area (Å²) in [5, 5.41) is 18.6. The summed E-state index contributed by atoms with van der Waals surface area (Å²) in [6.07, 6.45) is 5.36. The normalized spacial score (nSPS) is 15.2. The molecule has 0 fully saturated rings. The van der Waals surface area contributed by atoms with E-state index in [0.29, 0.717) is 12.8 Å².